The zero-order chi connectivity index (χ0) is 29.6. The highest BCUT2D eigenvalue weighted by atomic mass is 19.1. The molecule has 0 aliphatic rings. The van der Waals surface area contributed by atoms with Crippen molar-refractivity contribution in [3.05, 3.63) is 83.8 Å². The Morgan fingerprint density at radius 1 is 1.12 bits per heavy atom. The number of benzene rings is 2. The van der Waals surface area contributed by atoms with Crippen LogP contribution < -0.4 is 15.4 Å². The van der Waals surface area contributed by atoms with Crippen LogP contribution in [0.3, 0.4) is 0 Å². The minimum atomic E-state index is -0.702. The van der Waals surface area contributed by atoms with Crippen LogP contribution >= 0.6 is 0 Å². The highest BCUT2D eigenvalue weighted by Gasteiger charge is 2.21. The number of amides is 1. The average Bonchev–Trinajstić information content (AvgIpc) is 3.42. The molecule has 9 nitrogen and oxygen atoms in total. The standard InChI is InChI=1S/C32H32FN7O2/c1-5-7-28(41)38-31-26(42-15-6-12-39(3)4)19-25-29(30(31)33)32(36-20-35-25)37-24-9-8-23(21(2)16-24)17-22-10-13-40-14-11-34-27(40)18-22/h8-11,13-14,16,18-20H,6,12,15,17H2,1-4H3,(H,38,41)(H,35,36,37). The van der Waals surface area contributed by atoms with E-state index in [1.54, 1.807) is 12.3 Å². The quantitative estimate of drug-likeness (QED) is 0.174. The molecule has 5 aromatic rings. The number of carbonyl (C=O) groups is 1. The van der Waals surface area contributed by atoms with E-state index in [0.29, 0.717) is 12.1 Å². The number of hydrogen-bond donors (Lipinski definition) is 2. The molecule has 2 aromatic carbocycles. The van der Waals surface area contributed by atoms with Crippen LogP contribution in [0.25, 0.3) is 16.6 Å². The van der Waals surface area contributed by atoms with Crippen molar-refractivity contribution in [3.8, 4) is 17.6 Å². The molecule has 0 aliphatic heterocycles. The van der Waals surface area contributed by atoms with Crippen LogP contribution in [0.1, 0.15) is 30.0 Å². The zero-order valence-electron chi connectivity index (χ0n) is 24.0. The average molecular weight is 566 g/mol. The van der Waals surface area contributed by atoms with Gasteiger partial charge in [0.1, 0.15) is 29.2 Å². The summed E-state index contributed by atoms with van der Waals surface area (Å²) < 4.78 is 24.0. The molecular weight excluding hydrogens is 533 g/mol. The monoisotopic (exact) mass is 565 g/mol. The molecule has 0 bridgehead atoms. The molecular formula is C32H32FN7O2. The summed E-state index contributed by atoms with van der Waals surface area (Å²) in [6.45, 7) is 4.71. The van der Waals surface area contributed by atoms with Crippen molar-refractivity contribution in [2.24, 2.45) is 0 Å². The molecule has 0 spiro atoms. The van der Waals surface area contributed by atoms with Crippen LogP contribution in [0, 0.1) is 24.6 Å². The van der Waals surface area contributed by atoms with E-state index in [1.807, 2.05) is 60.9 Å². The van der Waals surface area contributed by atoms with Gasteiger partial charge in [0.05, 0.1) is 17.5 Å². The lowest BCUT2D eigenvalue weighted by Crippen LogP contribution is -2.16. The van der Waals surface area contributed by atoms with Crippen LogP contribution in [-0.2, 0) is 11.2 Å². The summed E-state index contributed by atoms with van der Waals surface area (Å²) >= 11 is 0. The highest BCUT2D eigenvalue weighted by molar-refractivity contribution is 6.07. The Labute approximate surface area is 243 Å². The van der Waals surface area contributed by atoms with E-state index in [2.05, 4.69) is 49.6 Å². The summed E-state index contributed by atoms with van der Waals surface area (Å²) in [5.74, 6) is 4.03. The van der Waals surface area contributed by atoms with Crippen molar-refractivity contribution in [3.63, 3.8) is 0 Å². The Morgan fingerprint density at radius 2 is 1.98 bits per heavy atom. The van der Waals surface area contributed by atoms with Gasteiger partial charge in [0, 0.05) is 36.9 Å². The third kappa shape index (κ3) is 6.48. The van der Waals surface area contributed by atoms with Crippen molar-refractivity contribution in [2.75, 3.05) is 37.9 Å². The summed E-state index contributed by atoms with van der Waals surface area (Å²) in [6.07, 6.45) is 8.54. The first-order chi connectivity index (χ1) is 20.3. The van der Waals surface area contributed by atoms with Gasteiger partial charge in [-0.05, 0) is 87.7 Å². The lowest BCUT2D eigenvalue weighted by Gasteiger charge is -2.17. The van der Waals surface area contributed by atoms with Gasteiger partial charge in [-0.1, -0.05) is 12.0 Å². The largest absolute Gasteiger partial charge is 0.491 e. The maximum Gasteiger partial charge on any atom is 0.300 e. The van der Waals surface area contributed by atoms with Gasteiger partial charge in [0.15, 0.2) is 5.82 Å². The Morgan fingerprint density at radius 3 is 2.76 bits per heavy atom. The van der Waals surface area contributed by atoms with E-state index < -0.39 is 11.7 Å². The van der Waals surface area contributed by atoms with Crippen LogP contribution in [0.2, 0.25) is 0 Å². The van der Waals surface area contributed by atoms with Gasteiger partial charge >= 0.3 is 0 Å². The summed E-state index contributed by atoms with van der Waals surface area (Å²) in [5, 5.41) is 5.92. The normalized spacial score (nSPS) is 11.0. The minimum Gasteiger partial charge on any atom is -0.491 e. The van der Waals surface area contributed by atoms with Gasteiger partial charge in [-0.15, -0.1) is 0 Å². The maximum absolute atomic E-state index is 16.1. The van der Waals surface area contributed by atoms with E-state index in [1.165, 1.54) is 13.3 Å². The van der Waals surface area contributed by atoms with Gasteiger partial charge < -0.3 is 24.7 Å². The number of aryl methyl sites for hydroxylation is 1. The van der Waals surface area contributed by atoms with Gasteiger partial charge in [-0.2, -0.15) is 0 Å². The predicted molar refractivity (Wildman–Crippen MR) is 163 cm³/mol. The first-order valence-electron chi connectivity index (χ1n) is 13.6. The van der Waals surface area contributed by atoms with E-state index in [9.17, 15) is 4.79 Å². The number of nitrogens with one attached hydrogen (secondary N) is 2. The van der Waals surface area contributed by atoms with Crippen molar-refractivity contribution in [2.45, 2.75) is 26.7 Å². The van der Waals surface area contributed by atoms with Gasteiger partial charge in [0.2, 0.25) is 0 Å². The molecule has 1 amide bonds. The topological polar surface area (TPSA) is 96.7 Å². The second-order valence-electron chi connectivity index (χ2n) is 10.2. The fourth-order valence-corrected chi connectivity index (χ4v) is 4.69. The Hall–Kier alpha value is -5.01. The maximum atomic E-state index is 16.1. The second kappa shape index (κ2) is 12.7. The number of nitrogens with zero attached hydrogens (tertiary/aromatic N) is 5. The second-order valence-corrected chi connectivity index (χ2v) is 10.2. The Balaban J connectivity index is 1.43. The SMILES string of the molecule is CC#CC(=O)Nc1c(OCCCN(C)C)cc2ncnc(Nc3ccc(Cc4ccn5ccnc5c4)c(C)c3)c2c1F. The summed E-state index contributed by atoms with van der Waals surface area (Å²) in [7, 11) is 3.93. The Kier molecular flexibility index (Phi) is 8.60. The number of anilines is 3. The molecule has 0 unspecified atom stereocenters. The zero-order valence-corrected chi connectivity index (χ0v) is 24.0. The number of hydrogen-bond acceptors (Lipinski definition) is 7. The van der Waals surface area contributed by atoms with Crippen LogP contribution in [-0.4, -0.2) is 57.4 Å². The molecule has 2 N–H and O–H groups in total. The molecule has 0 atom stereocenters. The van der Waals surface area contributed by atoms with E-state index in [-0.39, 0.29) is 22.6 Å². The van der Waals surface area contributed by atoms with Gasteiger partial charge in [0.25, 0.3) is 5.91 Å². The number of imidazole rings is 1. The Bertz CT molecular complexity index is 1820. The van der Waals surface area contributed by atoms with Crippen LogP contribution in [0.5, 0.6) is 5.75 Å². The molecule has 3 heterocycles. The van der Waals surface area contributed by atoms with Crippen molar-refractivity contribution >= 4 is 39.6 Å². The van der Waals surface area contributed by atoms with Crippen LogP contribution in [0.4, 0.5) is 21.6 Å². The number of pyridine rings is 1. The number of rotatable bonds is 10. The molecule has 0 saturated heterocycles. The summed E-state index contributed by atoms with van der Waals surface area (Å²) in [4.78, 5) is 27.4. The van der Waals surface area contributed by atoms with E-state index in [4.69, 9.17) is 4.74 Å². The third-order valence-corrected chi connectivity index (χ3v) is 6.78. The summed E-state index contributed by atoms with van der Waals surface area (Å²) in [6, 6.07) is 11.7. The smallest absolute Gasteiger partial charge is 0.300 e. The molecule has 0 saturated carbocycles. The number of fused-ring (bicyclic) bond motifs is 2. The minimum absolute atomic E-state index is 0.0982. The molecule has 10 heteroatoms. The number of halogens is 1. The third-order valence-electron chi connectivity index (χ3n) is 6.78. The molecule has 0 aliphatic carbocycles. The summed E-state index contributed by atoms with van der Waals surface area (Å²) in [5.41, 5.74) is 5.28. The lowest BCUT2D eigenvalue weighted by molar-refractivity contribution is -0.111. The molecule has 0 radical (unpaired) electrons. The molecule has 42 heavy (non-hydrogen) atoms. The highest BCUT2D eigenvalue weighted by Crippen LogP contribution is 2.37. The lowest BCUT2D eigenvalue weighted by atomic mass is 10.0. The van der Waals surface area contributed by atoms with Crippen molar-refractivity contribution < 1.29 is 13.9 Å². The van der Waals surface area contributed by atoms with E-state index in [0.717, 1.165) is 47.4 Å². The number of carbonyl (C=O) groups excluding carboxylic acids is 1. The van der Waals surface area contributed by atoms with E-state index >= 15 is 4.39 Å². The predicted octanol–water partition coefficient (Wildman–Crippen LogP) is 5.35. The van der Waals surface area contributed by atoms with Crippen molar-refractivity contribution in [1.29, 1.82) is 0 Å². The fraction of sp³-hybridized carbons (Fsp3) is 0.250. The van der Waals surface area contributed by atoms with Crippen molar-refractivity contribution in [1.82, 2.24) is 24.3 Å². The fourth-order valence-electron chi connectivity index (χ4n) is 4.69. The first kappa shape index (κ1) is 28.5. The number of aromatic nitrogens is 4. The van der Waals surface area contributed by atoms with Gasteiger partial charge in [-0.25, -0.2) is 19.3 Å². The molecule has 214 valence electrons. The number of ether oxygens (including phenoxy) is 1. The van der Waals surface area contributed by atoms with Crippen LogP contribution in [0.15, 0.2) is 61.3 Å². The molecule has 3 aromatic heterocycles. The first-order valence-corrected chi connectivity index (χ1v) is 13.6. The van der Waals surface area contributed by atoms with Gasteiger partial charge in [-0.3, -0.25) is 4.79 Å². The molecule has 0 fully saturated rings. The molecule has 5 rings (SSSR count).